The minimum absolute atomic E-state index is 0.125. The maximum Gasteiger partial charge on any atom is 0.342 e. The molecule has 1 heterocycles. The van der Waals surface area contributed by atoms with Crippen LogP contribution in [0.2, 0.25) is 5.02 Å². The van der Waals surface area contributed by atoms with Crippen molar-refractivity contribution in [2.75, 3.05) is 0 Å². The molecule has 1 saturated heterocycles. The zero-order valence-corrected chi connectivity index (χ0v) is 15.1. The zero-order valence-electron chi connectivity index (χ0n) is 12.8. The van der Waals surface area contributed by atoms with Crippen LogP contribution in [0.3, 0.4) is 0 Å². The molecule has 0 aromatic heterocycles. The molecule has 2 aliphatic carbocycles. The molecule has 4 rings (SSSR count). The van der Waals surface area contributed by atoms with Crippen molar-refractivity contribution in [2.24, 2.45) is 4.40 Å². The highest BCUT2D eigenvalue weighted by Crippen LogP contribution is 2.60. The van der Waals surface area contributed by atoms with Gasteiger partial charge in [0.2, 0.25) is 5.90 Å². The molecule has 0 radical (unpaired) electrons. The van der Waals surface area contributed by atoms with Gasteiger partial charge in [-0.25, -0.2) is 4.39 Å². The summed E-state index contributed by atoms with van der Waals surface area (Å²) in [6, 6.07) is 3.14. The Balaban J connectivity index is 1.93. The van der Waals surface area contributed by atoms with Crippen molar-refractivity contribution < 1.29 is 17.5 Å². The summed E-state index contributed by atoms with van der Waals surface area (Å²) in [5, 5.41) is 0.345. The van der Waals surface area contributed by atoms with E-state index in [1.165, 1.54) is 6.07 Å². The largest absolute Gasteiger partial charge is 0.473 e. The molecule has 3 aliphatic rings. The summed E-state index contributed by atoms with van der Waals surface area (Å²) in [4.78, 5) is 0. The van der Waals surface area contributed by atoms with E-state index in [0.29, 0.717) is 29.8 Å². The number of hydrogen-bond acceptors (Lipinski definition) is 3. The van der Waals surface area contributed by atoms with Crippen molar-refractivity contribution in [1.29, 1.82) is 0 Å². The molecule has 0 spiro atoms. The van der Waals surface area contributed by atoms with Gasteiger partial charge in [0.15, 0.2) is 0 Å². The first-order valence-electron chi connectivity index (χ1n) is 7.96. The summed E-state index contributed by atoms with van der Waals surface area (Å²) < 4.78 is 46.8. The number of benzene rings is 1. The van der Waals surface area contributed by atoms with Gasteiger partial charge in [0.25, 0.3) is 0 Å². The molecule has 0 bridgehead atoms. The molecule has 1 saturated carbocycles. The van der Waals surface area contributed by atoms with Gasteiger partial charge in [-0.05, 0) is 55.4 Å². The fourth-order valence-corrected chi connectivity index (χ4v) is 5.68. The van der Waals surface area contributed by atoms with E-state index in [1.807, 2.05) is 0 Å². The Morgan fingerprint density at radius 3 is 2.71 bits per heavy atom. The minimum atomic E-state index is -4.06. The van der Waals surface area contributed by atoms with Crippen LogP contribution in [-0.4, -0.2) is 19.9 Å². The molecule has 1 aromatic rings. The Kier molecular flexibility index (Phi) is 3.68. The topological polar surface area (TPSA) is 55.7 Å². The van der Waals surface area contributed by atoms with Crippen molar-refractivity contribution in [3.8, 4) is 0 Å². The quantitative estimate of drug-likeness (QED) is 0.671. The monoisotopic (exact) mass is 391 g/mol. The third kappa shape index (κ3) is 2.37. The summed E-state index contributed by atoms with van der Waals surface area (Å²) in [6.07, 6.45) is 5.04. The van der Waals surface area contributed by atoms with Crippen LogP contribution in [0.25, 0.3) is 0 Å². The maximum atomic E-state index is 14.4. The molecule has 0 N–H and O–H groups in total. The summed E-state index contributed by atoms with van der Waals surface area (Å²) in [6.45, 7) is 0. The van der Waals surface area contributed by atoms with Crippen LogP contribution in [0.5, 0.6) is 0 Å². The first-order valence-corrected chi connectivity index (χ1v) is 10.6. The molecule has 130 valence electrons. The van der Waals surface area contributed by atoms with Crippen LogP contribution in [-0.2, 0) is 25.8 Å². The normalized spacial score (nSPS) is 33.5. The third-order valence-electron chi connectivity index (χ3n) is 5.74. The van der Waals surface area contributed by atoms with Crippen LogP contribution >= 0.6 is 22.3 Å². The maximum absolute atomic E-state index is 14.4. The molecule has 2 fully saturated rings. The highest BCUT2D eigenvalue weighted by molar-refractivity contribution is 8.12. The summed E-state index contributed by atoms with van der Waals surface area (Å²) >= 11 is 6.11. The molecular formula is C16H16Cl2FNO3S. The van der Waals surface area contributed by atoms with Gasteiger partial charge < -0.3 is 4.74 Å². The van der Waals surface area contributed by atoms with Crippen LogP contribution in [0, 0.1) is 5.82 Å². The predicted octanol–water partition coefficient (Wildman–Crippen LogP) is 4.28. The first kappa shape index (κ1) is 16.6. The lowest BCUT2D eigenvalue weighted by Crippen LogP contribution is -2.54. The van der Waals surface area contributed by atoms with E-state index in [2.05, 4.69) is 4.40 Å². The van der Waals surface area contributed by atoms with Crippen LogP contribution in [0.15, 0.2) is 16.5 Å². The van der Waals surface area contributed by atoms with Gasteiger partial charge >= 0.3 is 9.24 Å². The van der Waals surface area contributed by atoms with Gasteiger partial charge in [-0.2, -0.15) is 8.42 Å². The van der Waals surface area contributed by atoms with Gasteiger partial charge in [0.05, 0.1) is 0 Å². The molecule has 2 atom stereocenters. The highest BCUT2D eigenvalue weighted by atomic mass is 35.7. The Morgan fingerprint density at radius 2 is 1.96 bits per heavy atom. The number of rotatable bonds is 1. The second-order valence-corrected chi connectivity index (χ2v) is 9.49. The van der Waals surface area contributed by atoms with E-state index in [1.54, 1.807) is 6.07 Å². The second-order valence-electron chi connectivity index (χ2n) is 6.87. The highest BCUT2D eigenvalue weighted by Gasteiger charge is 2.63. The van der Waals surface area contributed by atoms with Crippen LogP contribution in [0.4, 0.5) is 4.39 Å². The fraction of sp³-hybridized carbons (Fsp3) is 0.562. The molecule has 4 nitrogen and oxygen atoms in total. The van der Waals surface area contributed by atoms with Crippen molar-refractivity contribution in [3.05, 3.63) is 34.1 Å². The number of halogens is 3. The zero-order chi connectivity index (χ0) is 17.2. The molecular weight excluding hydrogens is 376 g/mol. The van der Waals surface area contributed by atoms with Crippen molar-refractivity contribution in [2.45, 2.75) is 56.0 Å². The molecule has 24 heavy (non-hydrogen) atoms. The lowest BCUT2D eigenvalue weighted by molar-refractivity contribution is -0.0329. The minimum Gasteiger partial charge on any atom is -0.473 e. The summed E-state index contributed by atoms with van der Waals surface area (Å²) in [5.74, 6) is -0.179. The van der Waals surface area contributed by atoms with E-state index >= 15 is 0 Å². The first-order chi connectivity index (χ1) is 11.2. The smallest absolute Gasteiger partial charge is 0.342 e. The second kappa shape index (κ2) is 5.32. The number of fused-ring (bicyclic) bond motifs is 1. The van der Waals surface area contributed by atoms with Crippen molar-refractivity contribution >= 4 is 37.4 Å². The summed E-state index contributed by atoms with van der Waals surface area (Å²) in [7, 11) is 1.22. The van der Waals surface area contributed by atoms with E-state index < -0.39 is 20.3 Å². The average Bonchev–Trinajstić information content (AvgIpc) is 2.79. The lowest BCUT2D eigenvalue weighted by Gasteiger charge is -2.51. The van der Waals surface area contributed by atoms with Gasteiger partial charge in [-0.3, -0.25) is 0 Å². The molecule has 0 amide bonds. The van der Waals surface area contributed by atoms with Crippen molar-refractivity contribution in [1.82, 2.24) is 0 Å². The van der Waals surface area contributed by atoms with Crippen molar-refractivity contribution in [3.63, 3.8) is 0 Å². The van der Waals surface area contributed by atoms with E-state index in [-0.39, 0.29) is 11.7 Å². The van der Waals surface area contributed by atoms with E-state index in [0.717, 1.165) is 31.2 Å². The standard InChI is InChI=1S/C16H16Cl2FNO3S/c17-10-7-12-11(13(19)8-10)3-6-16-5-2-1-4-15(12,16)9-14(23-16)20-24(18,21)22/h7-8H,1-6,9H2/t15-,16+/m0/s1. The Morgan fingerprint density at radius 1 is 1.21 bits per heavy atom. The molecule has 1 aliphatic heterocycles. The molecule has 1 aromatic carbocycles. The molecule has 0 unspecified atom stereocenters. The SMILES string of the molecule is O=S(=O)(Cl)N=C1C[C@]23CCCC[C@]2(CCc2c(F)cc(Cl)cc23)O1. The van der Waals surface area contributed by atoms with Gasteiger partial charge in [0, 0.05) is 27.5 Å². The Hall–Kier alpha value is -0.850. The third-order valence-corrected chi connectivity index (χ3v) is 6.58. The number of hydrogen-bond donors (Lipinski definition) is 0. The Labute approximate surface area is 149 Å². The van der Waals surface area contributed by atoms with Crippen LogP contribution < -0.4 is 0 Å². The number of ether oxygens (including phenoxy) is 1. The molecule has 8 heteroatoms. The van der Waals surface area contributed by atoms with Gasteiger partial charge in [0.1, 0.15) is 11.4 Å². The number of nitrogens with zero attached hydrogens (tertiary/aromatic N) is 1. The average molecular weight is 392 g/mol. The van der Waals surface area contributed by atoms with E-state index in [9.17, 15) is 12.8 Å². The summed E-state index contributed by atoms with van der Waals surface area (Å²) in [5.41, 5.74) is 0.479. The van der Waals surface area contributed by atoms with Gasteiger partial charge in [-0.1, -0.05) is 18.0 Å². The van der Waals surface area contributed by atoms with Crippen LogP contribution in [0.1, 0.15) is 49.7 Å². The predicted molar refractivity (Wildman–Crippen MR) is 90.5 cm³/mol. The van der Waals surface area contributed by atoms with Gasteiger partial charge in [-0.15, -0.1) is 4.40 Å². The van der Waals surface area contributed by atoms with E-state index in [4.69, 9.17) is 27.0 Å². The fourth-order valence-electron chi connectivity index (χ4n) is 4.90. The Bertz CT molecular complexity index is 857. The lowest BCUT2D eigenvalue weighted by atomic mass is 9.54.